The zero-order valence-electron chi connectivity index (χ0n) is 45.3. The predicted octanol–water partition coefficient (Wildman–Crippen LogP) is 18.6. The van der Waals surface area contributed by atoms with Crippen LogP contribution in [0.15, 0.2) is 109 Å². The SMILES string of the molecule is CC(C)(C)c1ccc2c(c1)c1cc(C(C)(C)C)ccc1n2-c1ccc2c3c1-n1c4ccc(C(C)(C)C)cc4c4cc(C(C)(C)C)cc(c41)C3c1cc(C(C)(C)C)cc3c4cc(C(C)(C)C)ccc4n-2c13. The maximum Gasteiger partial charge on any atom is 0.0765 e. The lowest BCUT2D eigenvalue weighted by Gasteiger charge is -2.38. The number of hydrogen-bond acceptors (Lipinski definition) is 0. The first-order valence-electron chi connectivity index (χ1n) is 26.1. The minimum atomic E-state index is -0.0675. The molecule has 0 fully saturated rings. The lowest BCUT2D eigenvalue weighted by Crippen LogP contribution is -2.25. The van der Waals surface area contributed by atoms with Crippen molar-refractivity contribution in [2.45, 2.75) is 163 Å². The van der Waals surface area contributed by atoms with E-state index in [1.807, 2.05) is 0 Å². The quantitative estimate of drug-likeness (QED) is 0.156. The molecule has 0 aliphatic carbocycles. The van der Waals surface area contributed by atoms with Crippen molar-refractivity contribution in [3.63, 3.8) is 0 Å². The summed E-state index contributed by atoms with van der Waals surface area (Å²) in [5.74, 6) is -0.00887. The van der Waals surface area contributed by atoms with Gasteiger partial charge in [0.25, 0.3) is 0 Å². The molecule has 0 radical (unpaired) electrons. The van der Waals surface area contributed by atoms with Gasteiger partial charge in [0.2, 0.25) is 0 Å². The number of benzene rings is 7. The maximum absolute atomic E-state index is 2.72. The second-order valence-electron chi connectivity index (χ2n) is 27.7. The van der Waals surface area contributed by atoms with Crippen LogP contribution in [0.5, 0.6) is 0 Å². The summed E-state index contributed by atoms with van der Waals surface area (Å²) in [4.78, 5) is 0. The Morgan fingerprint density at radius 3 is 0.957 bits per heavy atom. The van der Waals surface area contributed by atoms with Crippen molar-refractivity contribution >= 4 is 65.4 Å². The second-order valence-corrected chi connectivity index (χ2v) is 27.7. The molecule has 356 valence electrons. The molecular formula is C67H73N3. The summed E-state index contributed by atoms with van der Waals surface area (Å²) in [6.07, 6.45) is 0. The van der Waals surface area contributed by atoms with Crippen molar-refractivity contribution in [3.8, 4) is 17.1 Å². The van der Waals surface area contributed by atoms with Gasteiger partial charge in [-0.15, -0.1) is 0 Å². The fraction of sp³-hybridized carbons (Fsp3) is 0.373. The summed E-state index contributed by atoms with van der Waals surface area (Å²) in [5.41, 5.74) is 23.8. The number of rotatable bonds is 1. The van der Waals surface area contributed by atoms with E-state index in [9.17, 15) is 0 Å². The molecule has 2 aliphatic heterocycles. The standard InChI is InChI=1S/C67H73N3/c1-62(2,3)37-19-23-51-43(29-37)44-30-38(63(4,5)6)20-24-52(44)68(51)56-28-27-55-58-57(49-35-41(66(13,14)15)33-47-45-31-39(64(7,8)9)21-25-53(45)69(55)59(47)49)50-36-42(67(16,17)18)34-48-46-32-40(65(10,11)12)22-26-54(46)70(60(48)50)61(56)58/h19-36,57H,1-18H3. The third kappa shape index (κ3) is 6.31. The van der Waals surface area contributed by atoms with Crippen LogP contribution in [0.25, 0.3) is 82.5 Å². The van der Waals surface area contributed by atoms with Gasteiger partial charge in [0, 0.05) is 43.8 Å². The minimum Gasteiger partial charge on any atom is -0.309 e. The Balaban J connectivity index is 1.33. The summed E-state index contributed by atoms with van der Waals surface area (Å²) in [6.45, 7) is 42.5. The summed E-state index contributed by atoms with van der Waals surface area (Å²) in [6, 6.07) is 44.6. The highest BCUT2D eigenvalue weighted by Crippen LogP contribution is 2.58. The lowest BCUT2D eigenvalue weighted by atomic mass is 9.74. The summed E-state index contributed by atoms with van der Waals surface area (Å²) < 4.78 is 8.01. The van der Waals surface area contributed by atoms with Gasteiger partial charge >= 0.3 is 0 Å². The first-order chi connectivity index (χ1) is 32.5. The van der Waals surface area contributed by atoms with Crippen LogP contribution in [0, 0.1) is 0 Å². The van der Waals surface area contributed by atoms with E-state index in [0.29, 0.717) is 0 Å². The molecule has 3 heteroatoms. The molecule has 1 unspecified atom stereocenters. The van der Waals surface area contributed by atoms with Crippen LogP contribution < -0.4 is 0 Å². The molecule has 0 spiro atoms. The van der Waals surface area contributed by atoms with Gasteiger partial charge in [-0.3, -0.25) is 0 Å². The predicted molar refractivity (Wildman–Crippen MR) is 303 cm³/mol. The first kappa shape index (κ1) is 45.1. The van der Waals surface area contributed by atoms with Gasteiger partial charge in [-0.05, 0) is 150 Å². The maximum atomic E-state index is 2.72. The average molecular weight is 920 g/mol. The Labute approximate surface area is 416 Å². The van der Waals surface area contributed by atoms with E-state index in [1.54, 1.807) is 0 Å². The van der Waals surface area contributed by atoms with Crippen molar-refractivity contribution in [1.29, 1.82) is 0 Å². The fourth-order valence-corrected chi connectivity index (χ4v) is 12.3. The Hall–Kier alpha value is -6.06. The molecule has 0 saturated carbocycles. The lowest BCUT2D eigenvalue weighted by molar-refractivity contribution is 0.588. The molecule has 3 aromatic heterocycles. The molecule has 3 nitrogen and oxygen atoms in total. The van der Waals surface area contributed by atoms with Crippen LogP contribution in [0.1, 0.15) is 181 Å². The normalized spacial score (nSPS) is 15.4. The molecule has 2 aliphatic rings. The van der Waals surface area contributed by atoms with Crippen LogP contribution in [0.3, 0.4) is 0 Å². The molecule has 70 heavy (non-hydrogen) atoms. The van der Waals surface area contributed by atoms with Crippen molar-refractivity contribution < 1.29 is 0 Å². The number of aromatic nitrogens is 3. The van der Waals surface area contributed by atoms with Gasteiger partial charge in [0.05, 0.1) is 50.2 Å². The minimum absolute atomic E-state index is 0.00426. The Bertz CT molecular complexity index is 3850. The molecular weight excluding hydrogens is 847 g/mol. The Morgan fingerprint density at radius 2 is 0.586 bits per heavy atom. The highest BCUT2D eigenvalue weighted by Gasteiger charge is 2.42. The van der Waals surface area contributed by atoms with Gasteiger partial charge < -0.3 is 13.7 Å². The van der Waals surface area contributed by atoms with Gasteiger partial charge in [-0.2, -0.15) is 0 Å². The van der Waals surface area contributed by atoms with E-state index >= 15 is 0 Å². The summed E-state index contributed by atoms with van der Waals surface area (Å²) in [7, 11) is 0. The Kier molecular flexibility index (Phi) is 8.94. The van der Waals surface area contributed by atoms with E-state index in [2.05, 4.69) is 248 Å². The summed E-state index contributed by atoms with van der Waals surface area (Å²) >= 11 is 0. The van der Waals surface area contributed by atoms with Gasteiger partial charge in [0.1, 0.15) is 0 Å². The molecule has 1 atom stereocenters. The van der Waals surface area contributed by atoms with Crippen LogP contribution >= 0.6 is 0 Å². The van der Waals surface area contributed by atoms with Crippen molar-refractivity contribution in [3.05, 3.63) is 159 Å². The first-order valence-corrected chi connectivity index (χ1v) is 26.1. The van der Waals surface area contributed by atoms with Gasteiger partial charge in [-0.1, -0.05) is 161 Å². The zero-order valence-corrected chi connectivity index (χ0v) is 45.3. The van der Waals surface area contributed by atoms with E-state index in [-0.39, 0.29) is 38.4 Å². The van der Waals surface area contributed by atoms with Crippen molar-refractivity contribution in [2.75, 3.05) is 0 Å². The highest BCUT2D eigenvalue weighted by molar-refractivity contribution is 6.17. The molecule has 0 bridgehead atoms. The number of hydrogen-bond donors (Lipinski definition) is 0. The molecule has 0 amide bonds. The van der Waals surface area contributed by atoms with Crippen LogP contribution in [0.2, 0.25) is 0 Å². The number of nitrogens with zero attached hydrogens (tertiary/aromatic N) is 3. The van der Waals surface area contributed by atoms with Gasteiger partial charge in [0.15, 0.2) is 0 Å². The topological polar surface area (TPSA) is 14.8 Å². The van der Waals surface area contributed by atoms with Crippen molar-refractivity contribution in [2.24, 2.45) is 0 Å². The molecule has 12 rings (SSSR count). The third-order valence-corrected chi connectivity index (χ3v) is 16.5. The summed E-state index contributed by atoms with van der Waals surface area (Å²) in [5, 5.41) is 8.00. The van der Waals surface area contributed by atoms with Crippen LogP contribution in [-0.4, -0.2) is 13.7 Å². The molecule has 0 saturated heterocycles. The smallest absolute Gasteiger partial charge is 0.0765 e. The Morgan fingerprint density at radius 1 is 0.286 bits per heavy atom. The monoisotopic (exact) mass is 920 g/mol. The van der Waals surface area contributed by atoms with Crippen LogP contribution in [-0.2, 0) is 32.5 Å². The molecule has 5 heterocycles. The molecule has 0 N–H and O–H groups in total. The van der Waals surface area contributed by atoms with E-state index in [1.165, 1.54) is 133 Å². The van der Waals surface area contributed by atoms with Gasteiger partial charge in [-0.25, -0.2) is 0 Å². The van der Waals surface area contributed by atoms with E-state index < -0.39 is 0 Å². The largest absolute Gasteiger partial charge is 0.309 e. The highest BCUT2D eigenvalue weighted by atomic mass is 15.1. The van der Waals surface area contributed by atoms with Crippen LogP contribution in [0.4, 0.5) is 0 Å². The van der Waals surface area contributed by atoms with Crippen molar-refractivity contribution in [1.82, 2.24) is 13.7 Å². The third-order valence-electron chi connectivity index (χ3n) is 16.5. The average Bonchev–Trinajstić information content (AvgIpc) is 3.89. The number of fused-ring (bicyclic) bond motifs is 13. The fourth-order valence-electron chi connectivity index (χ4n) is 12.3. The zero-order chi connectivity index (χ0) is 49.9. The molecule has 7 aromatic carbocycles. The van der Waals surface area contributed by atoms with E-state index in [0.717, 1.165) is 0 Å². The van der Waals surface area contributed by atoms with E-state index in [4.69, 9.17) is 0 Å². The molecule has 10 aromatic rings. The second kappa shape index (κ2) is 13.9.